The Balaban J connectivity index is 4.10. The summed E-state index contributed by atoms with van der Waals surface area (Å²) in [5.74, 6) is -0.0924. The lowest BCUT2D eigenvalue weighted by Gasteiger charge is -2.37. The quantitative estimate of drug-likeness (QED) is 0.644. The van der Waals surface area contributed by atoms with E-state index in [2.05, 4.69) is 37.9 Å². The Labute approximate surface area is 86.8 Å². The normalized spacial score (nSPS) is 11.9. The number of nitrogens with two attached hydrogens (primary N) is 1. The van der Waals surface area contributed by atoms with Gasteiger partial charge in [-0.3, -0.25) is 9.69 Å². The molecule has 0 aromatic rings. The lowest BCUT2D eigenvalue weighted by molar-refractivity contribution is -0.120. The van der Waals surface area contributed by atoms with Gasteiger partial charge in [-0.15, -0.1) is 0 Å². The predicted molar refractivity (Wildman–Crippen MR) is 59.1 cm³/mol. The zero-order chi connectivity index (χ0) is 11.2. The minimum absolute atomic E-state index is 0.00562. The largest absolute Gasteiger partial charge is 0.353 e. The summed E-state index contributed by atoms with van der Waals surface area (Å²) in [4.78, 5) is 13.3. The Hall–Kier alpha value is -0.610. The second-order valence-electron chi connectivity index (χ2n) is 3.97. The summed E-state index contributed by atoms with van der Waals surface area (Å²) in [5, 5.41) is 2.82. The molecule has 0 fully saturated rings. The minimum Gasteiger partial charge on any atom is -0.353 e. The summed E-state index contributed by atoms with van der Waals surface area (Å²) in [6.07, 6.45) is 0. The molecule has 0 aliphatic rings. The van der Waals surface area contributed by atoms with Gasteiger partial charge in [0.15, 0.2) is 0 Å². The summed E-state index contributed by atoms with van der Waals surface area (Å²) in [7, 11) is 0. The number of nitrogens with one attached hydrogen (secondary N) is 1. The Morgan fingerprint density at radius 3 is 2.21 bits per heavy atom. The van der Waals surface area contributed by atoms with E-state index >= 15 is 0 Å². The molecule has 14 heavy (non-hydrogen) atoms. The van der Waals surface area contributed by atoms with E-state index in [1.165, 1.54) is 0 Å². The fourth-order valence-corrected chi connectivity index (χ4v) is 1.58. The first kappa shape index (κ1) is 13.4. The van der Waals surface area contributed by atoms with Gasteiger partial charge in [-0.25, -0.2) is 0 Å². The van der Waals surface area contributed by atoms with Crippen LogP contribution in [0.15, 0.2) is 0 Å². The number of hydrogen-bond acceptors (Lipinski definition) is 3. The number of carbonyl (C=O) groups is 1. The molecule has 0 atom stereocenters. The number of nitrogens with zero attached hydrogens (tertiary/aromatic N) is 1. The highest BCUT2D eigenvalue weighted by Gasteiger charge is 2.24. The summed E-state index contributed by atoms with van der Waals surface area (Å²) in [5.41, 5.74) is 5.21. The molecule has 84 valence electrons. The van der Waals surface area contributed by atoms with Crippen LogP contribution in [0.1, 0.15) is 27.7 Å². The summed E-state index contributed by atoms with van der Waals surface area (Å²) in [6, 6.07) is 0. The van der Waals surface area contributed by atoms with Crippen molar-refractivity contribution in [3.05, 3.63) is 0 Å². The molecule has 0 bridgehead atoms. The molecular weight excluding hydrogens is 178 g/mol. The summed E-state index contributed by atoms with van der Waals surface area (Å²) < 4.78 is 0. The van der Waals surface area contributed by atoms with E-state index in [1.54, 1.807) is 0 Å². The lowest BCUT2D eigenvalue weighted by atomic mass is 10.0. The third-order valence-corrected chi connectivity index (χ3v) is 2.52. The molecule has 0 aromatic carbocycles. The number of rotatable bonds is 6. The Bertz CT molecular complexity index is 176. The maximum atomic E-state index is 11.0. The first-order chi connectivity index (χ1) is 6.47. The molecule has 0 unspecified atom stereocenters. The highest BCUT2D eigenvalue weighted by atomic mass is 16.1. The zero-order valence-corrected chi connectivity index (χ0v) is 9.76. The average Bonchev–Trinajstić information content (AvgIpc) is 2.15. The predicted octanol–water partition coefficient (Wildman–Crippen LogP) is 0.182. The molecule has 4 heteroatoms. The van der Waals surface area contributed by atoms with Crippen LogP contribution in [-0.4, -0.2) is 42.5 Å². The minimum atomic E-state index is -0.0924. The van der Waals surface area contributed by atoms with Gasteiger partial charge in [0.2, 0.25) is 5.91 Å². The lowest BCUT2D eigenvalue weighted by Crippen LogP contribution is -2.52. The number of likely N-dealkylation sites (N-methyl/N-ethyl adjacent to an activating group) is 1. The molecule has 1 amide bonds. The third kappa shape index (κ3) is 4.07. The summed E-state index contributed by atoms with van der Waals surface area (Å²) in [6.45, 7) is 11.2. The zero-order valence-electron chi connectivity index (χ0n) is 9.76. The molecule has 0 saturated carbocycles. The number of amides is 1. The van der Waals surface area contributed by atoms with Crippen LogP contribution in [0.3, 0.4) is 0 Å². The molecule has 0 saturated heterocycles. The molecule has 0 heterocycles. The Morgan fingerprint density at radius 1 is 1.36 bits per heavy atom. The van der Waals surface area contributed by atoms with Crippen LogP contribution in [0.5, 0.6) is 0 Å². The Kier molecular flexibility index (Phi) is 5.72. The van der Waals surface area contributed by atoms with Gasteiger partial charge in [-0.05, 0) is 26.9 Å². The molecule has 0 aromatic heterocycles. The highest BCUT2D eigenvalue weighted by molar-refractivity contribution is 5.77. The summed E-state index contributed by atoms with van der Waals surface area (Å²) >= 11 is 0. The van der Waals surface area contributed by atoms with Crippen LogP contribution in [0.2, 0.25) is 0 Å². The maximum absolute atomic E-state index is 11.0. The van der Waals surface area contributed by atoms with Crippen molar-refractivity contribution in [2.75, 3.05) is 26.2 Å². The second kappa shape index (κ2) is 5.98. The molecule has 0 spiro atoms. The molecule has 0 aliphatic heterocycles. The van der Waals surface area contributed by atoms with E-state index in [9.17, 15) is 4.79 Å². The van der Waals surface area contributed by atoms with Gasteiger partial charge in [0.1, 0.15) is 0 Å². The Morgan fingerprint density at radius 2 is 1.86 bits per heavy atom. The third-order valence-electron chi connectivity index (χ3n) is 2.52. The van der Waals surface area contributed by atoms with Gasteiger partial charge < -0.3 is 11.1 Å². The topological polar surface area (TPSA) is 58.4 Å². The monoisotopic (exact) mass is 201 g/mol. The van der Waals surface area contributed by atoms with E-state index in [1.807, 2.05) is 0 Å². The molecule has 4 nitrogen and oxygen atoms in total. The fraction of sp³-hybridized carbons (Fsp3) is 0.900. The van der Waals surface area contributed by atoms with Crippen molar-refractivity contribution in [2.24, 2.45) is 5.73 Å². The van der Waals surface area contributed by atoms with Crippen molar-refractivity contribution < 1.29 is 4.79 Å². The van der Waals surface area contributed by atoms with Gasteiger partial charge in [0, 0.05) is 12.1 Å². The number of carbonyl (C=O) groups excluding carboxylic acids is 1. The van der Waals surface area contributed by atoms with Crippen LogP contribution in [0, 0.1) is 0 Å². The van der Waals surface area contributed by atoms with Gasteiger partial charge in [0.25, 0.3) is 0 Å². The average molecular weight is 201 g/mol. The second-order valence-corrected chi connectivity index (χ2v) is 3.97. The first-order valence-corrected chi connectivity index (χ1v) is 5.19. The van der Waals surface area contributed by atoms with Gasteiger partial charge >= 0.3 is 0 Å². The highest BCUT2D eigenvalue weighted by Crippen LogP contribution is 2.11. The van der Waals surface area contributed by atoms with Crippen LogP contribution < -0.4 is 11.1 Å². The van der Waals surface area contributed by atoms with E-state index in [-0.39, 0.29) is 18.0 Å². The van der Waals surface area contributed by atoms with Crippen LogP contribution in [0.4, 0.5) is 0 Å². The van der Waals surface area contributed by atoms with E-state index in [4.69, 9.17) is 5.73 Å². The first-order valence-electron chi connectivity index (χ1n) is 5.19. The van der Waals surface area contributed by atoms with Crippen molar-refractivity contribution in [1.29, 1.82) is 0 Å². The van der Waals surface area contributed by atoms with Gasteiger partial charge in [0.05, 0.1) is 6.54 Å². The number of hydrogen-bond donors (Lipinski definition) is 2. The van der Waals surface area contributed by atoms with E-state index in [0.717, 1.165) is 13.1 Å². The van der Waals surface area contributed by atoms with Crippen LogP contribution in [0.25, 0.3) is 0 Å². The molecule has 3 N–H and O–H groups in total. The maximum Gasteiger partial charge on any atom is 0.233 e. The van der Waals surface area contributed by atoms with Crippen molar-refractivity contribution >= 4 is 5.91 Å². The van der Waals surface area contributed by atoms with E-state index in [0.29, 0.717) is 6.54 Å². The van der Waals surface area contributed by atoms with Crippen molar-refractivity contribution in [3.8, 4) is 0 Å². The molecule has 0 rings (SSSR count). The smallest absolute Gasteiger partial charge is 0.233 e. The van der Waals surface area contributed by atoms with Crippen molar-refractivity contribution in [1.82, 2.24) is 10.2 Å². The molecule has 0 aliphatic carbocycles. The van der Waals surface area contributed by atoms with Crippen LogP contribution >= 0.6 is 0 Å². The fourth-order valence-electron chi connectivity index (χ4n) is 1.58. The standard InChI is InChI=1S/C10H23N3O/c1-5-13(6-2)10(3,4)8-12-9(14)7-11/h5-8,11H2,1-4H3,(H,12,14). The van der Waals surface area contributed by atoms with Crippen LogP contribution in [-0.2, 0) is 4.79 Å². The van der Waals surface area contributed by atoms with Crippen molar-refractivity contribution in [2.45, 2.75) is 33.2 Å². The van der Waals surface area contributed by atoms with Gasteiger partial charge in [-0.1, -0.05) is 13.8 Å². The van der Waals surface area contributed by atoms with Gasteiger partial charge in [-0.2, -0.15) is 0 Å². The van der Waals surface area contributed by atoms with Crippen molar-refractivity contribution in [3.63, 3.8) is 0 Å². The SMILES string of the molecule is CCN(CC)C(C)(C)CNC(=O)CN. The van der Waals surface area contributed by atoms with E-state index < -0.39 is 0 Å². The molecular formula is C10H23N3O. The molecule has 0 radical (unpaired) electrons.